The van der Waals surface area contributed by atoms with Gasteiger partial charge in [0.25, 0.3) is 0 Å². The Bertz CT molecular complexity index is 1020. The first-order valence-electron chi connectivity index (χ1n) is 8.83. The summed E-state index contributed by atoms with van der Waals surface area (Å²) in [5.74, 6) is -0.0258. The maximum Gasteiger partial charge on any atom is 0.338 e. The van der Waals surface area contributed by atoms with Crippen LogP contribution in [0.4, 0.5) is 5.69 Å². The average Bonchev–Trinajstić information content (AvgIpc) is 3.15. The maximum atomic E-state index is 12.2. The van der Waals surface area contributed by atoms with Gasteiger partial charge in [0.1, 0.15) is 0 Å². The highest BCUT2D eigenvalue weighted by Crippen LogP contribution is 2.26. The topological polar surface area (TPSA) is 97.0 Å². The molecule has 0 saturated carbocycles. The molecular weight excluding hydrogens is 412 g/mol. The Kier molecular flexibility index (Phi) is 6.90. The zero-order chi connectivity index (χ0) is 20.8. The number of ether oxygens (including phenoxy) is 1. The summed E-state index contributed by atoms with van der Waals surface area (Å²) in [6.45, 7) is 3.56. The highest BCUT2D eigenvalue weighted by Gasteiger charge is 2.13. The quantitative estimate of drug-likeness (QED) is 0.425. The molecule has 7 nitrogen and oxygen atoms in total. The van der Waals surface area contributed by atoms with Crippen molar-refractivity contribution in [1.29, 1.82) is 0 Å². The van der Waals surface area contributed by atoms with Crippen molar-refractivity contribution in [3.8, 4) is 11.4 Å². The Morgan fingerprint density at radius 3 is 2.76 bits per heavy atom. The summed E-state index contributed by atoms with van der Waals surface area (Å²) in [5, 5.41) is 10.7. The first-order valence-corrected chi connectivity index (χ1v) is 10.2. The lowest BCUT2D eigenvalue weighted by molar-refractivity contribution is -0.113. The minimum absolute atomic E-state index is 0.112. The van der Waals surface area contributed by atoms with E-state index >= 15 is 0 Å². The van der Waals surface area contributed by atoms with E-state index in [1.54, 1.807) is 44.2 Å². The number of aromatic nitrogens is 3. The number of hydrogen-bond acceptors (Lipinski definition) is 6. The number of anilines is 1. The summed E-state index contributed by atoms with van der Waals surface area (Å²) in [7, 11) is 0. The Labute approximate surface area is 177 Å². The van der Waals surface area contributed by atoms with Gasteiger partial charge >= 0.3 is 5.97 Å². The van der Waals surface area contributed by atoms with Crippen molar-refractivity contribution in [2.24, 2.45) is 0 Å². The highest BCUT2D eigenvalue weighted by molar-refractivity contribution is 7.99. The molecule has 0 unspecified atom stereocenters. The Balaban J connectivity index is 1.57. The first kappa shape index (κ1) is 20.9. The standard InChI is InChI=1S/C20H19ClN4O3S/c1-12(2)28-19(27)13-6-5-7-14(10-13)22-17(26)11-29-20-23-18(24-25-20)15-8-3-4-9-16(15)21/h3-10,12H,11H2,1-2H3,(H,22,26)(H,23,24,25). The predicted molar refractivity (Wildman–Crippen MR) is 113 cm³/mol. The summed E-state index contributed by atoms with van der Waals surface area (Å²) in [4.78, 5) is 28.6. The number of aromatic amines is 1. The van der Waals surface area contributed by atoms with Crippen LogP contribution in [0.25, 0.3) is 11.4 Å². The van der Waals surface area contributed by atoms with Gasteiger partial charge in [-0.3, -0.25) is 9.89 Å². The fraction of sp³-hybridized carbons (Fsp3) is 0.200. The molecule has 2 aromatic carbocycles. The van der Waals surface area contributed by atoms with E-state index in [0.29, 0.717) is 27.3 Å². The van der Waals surface area contributed by atoms with Crippen LogP contribution in [0.3, 0.4) is 0 Å². The smallest absolute Gasteiger partial charge is 0.338 e. The number of benzene rings is 2. The summed E-state index contributed by atoms with van der Waals surface area (Å²) < 4.78 is 5.16. The number of H-pyrrole nitrogens is 1. The van der Waals surface area contributed by atoms with E-state index in [9.17, 15) is 9.59 Å². The number of carbonyl (C=O) groups is 2. The summed E-state index contributed by atoms with van der Waals surface area (Å²) in [6.07, 6.45) is -0.214. The van der Waals surface area contributed by atoms with E-state index in [1.165, 1.54) is 11.8 Å². The van der Waals surface area contributed by atoms with Crippen molar-refractivity contribution in [2.45, 2.75) is 25.1 Å². The minimum Gasteiger partial charge on any atom is -0.459 e. The molecule has 9 heteroatoms. The van der Waals surface area contributed by atoms with Gasteiger partial charge < -0.3 is 10.1 Å². The number of carbonyl (C=O) groups excluding carboxylic acids is 2. The third kappa shape index (κ3) is 5.82. The molecule has 3 rings (SSSR count). The largest absolute Gasteiger partial charge is 0.459 e. The van der Waals surface area contributed by atoms with Gasteiger partial charge in [-0.05, 0) is 44.2 Å². The number of esters is 1. The van der Waals surface area contributed by atoms with E-state index in [4.69, 9.17) is 16.3 Å². The van der Waals surface area contributed by atoms with Crippen LogP contribution in [0.5, 0.6) is 0 Å². The van der Waals surface area contributed by atoms with Crippen molar-refractivity contribution in [1.82, 2.24) is 15.2 Å². The van der Waals surface area contributed by atoms with E-state index in [2.05, 4.69) is 20.5 Å². The first-order chi connectivity index (χ1) is 13.9. The van der Waals surface area contributed by atoms with Crippen molar-refractivity contribution in [3.63, 3.8) is 0 Å². The molecule has 1 aromatic heterocycles. The van der Waals surface area contributed by atoms with Gasteiger partial charge in [-0.25, -0.2) is 9.78 Å². The molecule has 0 bridgehead atoms. The second-order valence-corrected chi connectivity index (χ2v) is 7.67. The van der Waals surface area contributed by atoms with Crippen LogP contribution in [0, 0.1) is 0 Å². The van der Waals surface area contributed by atoms with Crippen LogP contribution < -0.4 is 5.32 Å². The molecule has 0 aliphatic rings. The van der Waals surface area contributed by atoms with Gasteiger partial charge in [0.15, 0.2) is 5.82 Å². The van der Waals surface area contributed by atoms with Crippen LogP contribution >= 0.6 is 23.4 Å². The lowest BCUT2D eigenvalue weighted by Crippen LogP contribution is -2.15. The summed E-state index contributed by atoms with van der Waals surface area (Å²) >= 11 is 7.34. The summed E-state index contributed by atoms with van der Waals surface area (Å²) in [6, 6.07) is 13.9. The van der Waals surface area contributed by atoms with Crippen LogP contribution in [-0.4, -0.2) is 38.9 Å². The molecular formula is C20H19ClN4O3S. The fourth-order valence-corrected chi connectivity index (χ4v) is 3.24. The van der Waals surface area contributed by atoms with Crippen molar-refractivity contribution < 1.29 is 14.3 Å². The maximum absolute atomic E-state index is 12.2. The lowest BCUT2D eigenvalue weighted by Gasteiger charge is -2.09. The molecule has 0 radical (unpaired) electrons. The molecule has 0 aliphatic carbocycles. The van der Waals surface area contributed by atoms with Crippen molar-refractivity contribution >= 4 is 40.9 Å². The molecule has 0 fully saturated rings. The number of rotatable bonds is 7. The number of hydrogen-bond donors (Lipinski definition) is 2. The third-order valence-electron chi connectivity index (χ3n) is 3.65. The Hall–Kier alpha value is -2.84. The Morgan fingerprint density at radius 2 is 2.00 bits per heavy atom. The average molecular weight is 431 g/mol. The van der Waals surface area contributed by atoms with Crippen LogP contribution in [0.15, 0.2) is 53.7 Å². The Morgan fingerprint density at radius 1 is 1.21 bits per heavy atom. The van der Waals surface area contributed by atoms with Crippen molar-refractivity contribution in [2.75, 3.05) is 11.1 Å². The second kappa shape index (κ2) is 9.58. The molecule has 1 amide bonds. The van der Waals surface area contributed by atoms with Crippen LogP contribution in [0.2, 0.25) is 5.02 Å². The van der Waals surface area contributed by atoms with E-state index in [-0.39, 0.29) is 17.8 Å². The van der Waals surface area contributed by atoms with Gasteiger partial charge in [-0.2, -0.15) is 0 Å². The van der Waals surface area contributed by atoms with Gasteiger partial charge in [0.05, 0.1) is 22.4 Å². The summed E-state index contributed by atoms with van der Waals surface area (Å²) in [5.41, 5.74) is 1.63. The van der Waals surface area contributed by atoms with E-state index in [0.717, 1.165) is 5.56 Å². The highest BCUT2D eigenvalue weighted by atomic mass is 35.5. The van der Waals surface area contributed by atoms with Crippen molar-refractivity contribution in [3.05, 3.63) is 59.1 Å². The monoisotopic (exact) mass is 430 g/mol. The predicted octanol–water partition coefficient (Wildman–Crippen LogP) is 4.42. The van der Waals surface area contributed by atoms with E-state index in [1.807, 2.05) is 18.2 Å². The fourth-order valence-electron chi connectivity index (χ4n) is 2.42. The normalized spacial score (nSPS) is 10.8. The van der Waals surface area contributed by atoms with Gasteiger partial charge in [0, 0.05) is 11.3 Å². The minimum atomic E-state index is -0.432. The molecule has 150 valence electrons. The molecule has 0 atom stereocenters. The lowest BCUT2D eigenvalue weighted by atomic mass is 10.2. The number of nitrogens with zero attached hydrogens (tertiary/aromatic N) is 2. The third-order valence-corrected chi connectivity index (χ3v) is 4.83. The van der Waals surface area contributed by atoms with Gasteiger partial charge in [0.2, 0.25) is 11.1 Å². The molecule has 29 heavy (non-hydrogen) atoms. The molecule has 0 aliphatic heterocycles. The van der Waals surface area contributed by atoms with Gasteiger partial charge in [-0.15, -0.1) is 5.10 Å². The number of halogens is 1. The number of amides is 1. The number of thioether (sulfide) groups is 1. The zero-order valence-electron chi connectivity index (χ0n) is 15.8. The van der Waals surface area contributed by atoms with Crippen LogP contribution in [-0.2, 0) is 9.53 Å². The van der Waals surface area contributed by atoms with E-state index < -0.39 is 5.97 Å². The number of nitrogens with one attached hydrogen (secondary N) is 2. The molecule has 3 aromatic rings. The molecule has 2 N–H and O–H groups in total. The molecule has 1 heterocycles. The molecule has 0 saturated heterocycles. The van der Waals surface area contributed by atoms with Crippen LogP contribution in [0.1, 0.15) is 24.2 Å². The molecule has 0 spiro atoms. The SMILES string of the molecule is CC(C)OC(=O)c1cccc(NC(=O)CSc2n[nH]c(-c3ccccc3Cl)n2)c1. The van der Waals surface area contributed by atoms with Gasteiger partial charge in [-0.1, -0.05) is 41.6 Å². The zero-order valence-corrected chi connectivity index (χ0v) is 17.4. The second-order valence-electron chi connectivity index (χ2n) is 6.32.